The molecule has 1 aliphatic rings. The fourth-order valence-electron chi connectivity index (χ4n) is 2.57. The molecule has 0 aliphatic carbocycles. The Bertz CT molecular complexity index is 625. The Balaban J connectivity index is 2.03. The molecular formula is C18H24N2O6. The first-order valence-corrected chi connectivity index (χ1v) is 8.55. The summed E-state index contributed by atoms with van der Waals surface area (Å²) in [5.41, 5.74) is 0.421. The Morgan fingerprint density at radius 3 is 2.38 bits per heavy atom. The van der Waals surface area contributed by atoms with E-state index in [1.807, 2.05) is 0 Å². The molecule has 0 spiro atoms. The van der Waals surface area contributed by atoms with Gasteiger partial charge in [0.1, 0.15) is 6.10 Å². The fraction of sp³-hybridized carbons (Fsp3) is 0.500. The summed E-state index contributed by atoms with van der Waals surface area (Å²) in [4.78, 5) is 44.0. The molecule has 1 atom stereocenters. The molecule has 0 aromatic heterocycles. The lowest BCUT2D eigenvalue weighted by Crippen LogP contribution is -2.42. The van der Waals surface area contributed by atoms with E-state index in [1.54, 1.807) is 12.1 Å². The predicted molar refractivity (Wildman–Crippen MR) is 92.6 cm³/mol. The number of hydrogen-bond acceptors (Lipinski definition) is 7. The second kappa shape index (κ2) is 9.88. The van der Waals surface area contributed by atoms with Gasteiger partial charge in [-0.15, -0.1) is 0 Å². The van der Waals surface area contributed by atoms with Gasteiger partial charge in [0.15, 0.2) is 11.5 Å². The van der Waals surface area contributed by atoms with Crippen molar-refractivity contribution in [2.24, 2.45) is 0 Å². The Kier molecular flexibility index (Phi) is 7.55. The van der Waals surface area contributed by atoms with Crippen molar-refractivity contribution in [2.75, 3.05) is 19.6 Å². The fourth-order valence-corrected chi connectivity index (χ4v) is 2.57. The van der Waals surface area contributed by atoms with Crippen LogP contribution in [0.2, 0.25) is 0 Å². The normalized spacial score (nSPS) is 15.8. The van der Waals surface area contributed by atoms with Gasteiger partial charge in [0, 0.05) is 19.4 Å². The zero-order valence-electron chi connectivity index (χ0n) is 14.9. The van der Waals surface area contributed by atoms with Crippen LogP contribution in [-0.2, 0) is 19.2 Å². The lowest BCUT2D eigenvalue weighted by Gasteiger charge is -2.27. The highest BCUT2D eigenvalue weighted by atomic mass is 17.2. The van der Waals surface area contributed by atoms with Gasteiger partial charge in [0.2, 0.25) is 5.91 Å². The molecule has 26 heavy (non-hydrogen) atoms. The average Bonchev–Trinajstić information content (AvgIpc) is 2.64. The van der Waals surface area contributed by atoms with Crippen LogP contribution in [0.25, 0.3) is 0 Å². The number of hydrogen-bond donors (Lipinski definition) is 2. The van der Waals surface area contributed by atoms with Gasteiger partial charge in [-0.1, -0.05) is 0 Å². The van der Waals surface area contributed by atoms with E-state index in [1.165, 1.54) is 26.0 Å². The lowest BCUT2D eigenvalue weighted by atomic mass is 10.0. The third kappa shape index (κ3) is 6.45. The summed E-state index contributed by atoms with van der Waals surface area (Å²) in [6, 6.07) is 6.17. The standard InChI is InChI=1S/C18H24N2O6/c1-12(21)20-11-17(24-15-7-9-19-10-8-15)18(23)14-3-5-16(6-4-14)26-25-13(2)22/h3-6,15,17,19H,7-11H2,1-2H3,(H,20,21)/t17-/m0/s1. The van der Waals surface area contributed by atoms with Crippen LogP contribution in [0.5, 0.6) is 5.75 Å². The van der Waals surface area contributed by atoms with Crippen molar-refractivity contribution in [1.82, 2.24) is 10.6 Å². The van der Waals surface area contributed by atoms with Crippen LogP contribution >= 0.6 is 0 Å². The van der Waals surface area contributed by atoms with Crippen molar-refractivity contribution in [2.45, 2.75) is 38.9 Å². The lowest BCUT2D eigenvalue weighted by molar-refractivity contribution is -0.210. The molecule has 1 aliphatic heterocycles. The van der Waals surface area contributed by atoms with E-state index in [-0.39, 0.29) is 24.3 Å². The van der Waals surface area contributed by atoms with E-state index < -0.39 is 12.1 Å². The first-order valence-electron chi connectivity index (χ1n) is 8.55. The minimum atomic E-state index is -0.762. The number of carbonyl (C=O) groups excluding carboxylic acids is 3. The second-order valence-electron chi connectivity index (χ2n) is 6.06. The molecular weight excluding hydrogens is 340 g/mol. The summed E-state index contributed by atoms with van der Waals surface area (Å²) in [6.07, 6.45) is 0.852. The van der Waals surface area contributed by atoms with Crippen molar-refractivity contribution >= 4 is 17.7 Å². The van der Waals surface area contributed by atoms with Gasteiger partial charge < -0.3 is 15.4 Å². The first kappa shape index (κ1) is 19.9. The SMILES string of the molecule is CC(=O)NC[C@H](OC1CCNCC1)C(=O)c1ccc(OOC(C)=O)cc1. The molecule has 0 bridgehead atoms. The summed E-state index contributed by atoms with van der Waals surface area (Å²) < 4.78 is 5.96. The molecule has 0 saturated carbocycles. The topological polar surface area (TPSA) is 103 Å². The van der Waals surface area contributed by atoms with E-state index in [4.69, 9.17) is 9.62 Å². The summed E-state index contributed by atoms with van der Waals surface area (Å²) >= 11 is 0. The van der Waals surface area contributed by atoms with E-state index in [9.17, 15) is 14.4 Å². The molecule has 8 heteroatoms. The van der Waals surface area contributed by atoms with Gasteiger partial charge >= 0.3 is 5.97 Å². The summed E-state index contributed by atoms with van der Waals surface area (Å²) in [5.74, 6) is -0.719. The van der Waals surface area contributed by atoms with Crippen molar-refractivity contribution in [3.8, 4) is 5.75 Å². The minimum Gasteiger partial charge on any atom is -0.365 e. The van der Waals surface area contributed by atoms with Crippen LogP contribution in [-0.4, -0.2) is 49.5 Å². The van der Waals surface area contributed by atoms with E-state index in [2.05, 4.69) is 15.5 Å². The highest BCUT2D eigenvalue weighted by Gasteiger charge is 2.26. The monoisotopic (exact) mass is 364 g/mol. The van der Waals surface area contributed by atoms with Crippen LogP contribution < -0.4 is 15.5 Å². The maximum atomic E-state index is 12.8. The van der Waals surface area contributed by atoms with Crippen LogP contribution in [0.15, 0.2) is 24.3 Å². The van der Waals surface area contributed by atoms with Crippen molar-refractivity contribution in [3.63, 3.8) is 0 Å². The molecule has 142 valence electrons. The first-order chi connectivity index (χ1) is 12.5. The highest BCUT2D eigenvalue weighted by molar-refractivity contribution is 6.00. The Hall–Kier alpha value is -2.45. The minimum absolute atomic E-state index is 0.0227. The molecule has 1 amide bonds. The quantitative estimate of drug-likeness (QED) is 0.403. The number of ether oxygens (including phenoxy) is 1. The highest BCUT2D eigenvalue weighted by Crippen LogP contribution is 2.17. The maximum absolute atomic E-state index is 12.8. The second-order valence-corrected chi connectivity index (χ2v) is 6.06. The molecule has 2 rings (SSSR count). The van der Waals surface area contributed by atoms with Crippen molar-refractivity contribution in [3.05, 3.63) is 29.8 Å². The van der Waals surface area contributed by atoms with Gasteiger partial charge in [-0.3, -0.25) is 19.4 Å². The molecule has 2 N–H and O–H groups in total. The van der Waals surface area contributed by atoms with Crippen LogP contribution in [0, 0.1) is 0 Å². The molecule has 1 aromatic carbocycles. The van der Waals surface area contributed by atoms with E-state index >= 15 is 0 Å². The number of benzene rings is 1. The van der Waals surface area contributed by atoms with Crippen molar-refractivity contribution in [1.29, 1.82) is 0 Å². The molecule has 1 fully saturated rings. The van der Waals surface area contributed by atoms with E-state index in [0.717, 1.165) is 25.9 Å². The number of rotatable bonds is 8. The Labute approximate surface area is 152 Å². The Morgan fingerprint density at radius 2 is 1.81 bits per heavy atom. The van der Waals surface area contributed by atoms with Crippen LogP contribution in [0.3, 0.4) is 0 Å². The number of Topliss-reactive ketones (excluding diaryl/α,β-unsaturated/α-hetero) is 1. The molecule has 1 aromatic rings. The summed E-state index contributed by atoms with van der Waals surface area (Å²) in [5, 5.41) is 5.89. The maximum Gasteiger partial charge on any atom is 0.352 e. The molecule has 8 nitrogen and oxygen atoms in total. The number of amides is 1. The molecule has 1 saturated heterocycles. The van der Waals surface area contributed by atoms with Crippen LogP contribution in [0.4, 0.5) is 0 Å². The predicted octanol–water partition coefficient (Wildman–Crippen LogP) is 0.999. The number of carbonyl (C=O) groups is 3. The molecule has 1 heterocycles. The molecule has 0 radical (unpaired) electrons. The van der Waals surface area contributed by atoms with Gasteiger partial charge in [0.25, 0.3) is 0 Å². The average molecular weight is 364 g/mol. The largest absolute Gasteiger partial charge is 0.365 e. The van der Waals surface area contributed by atoms with E-state index in [0.29, 0.717) is 11.3 Å². The summed E-state index contributed by atoms with van der Waals surface area (Å²) in [7, 11) is 0. The third-order valence-electron chi connectivity index (χ3n) is 3.87. The number of nitrogens with one attached hydrogen (secondary N) is 2. The van der Waals surface area contributed by atoms with Gasteiger partial charge in [-0.2, -0.15) is 0 Å². The zero-order chi connectivity index (χ0) is 18.9. The molecule has 0 unspecified atom stereocenters. The van der Waals surface area contributed by atoms with Gasteiger partial charge in [-0.25, -0.2) is 4.79 Å². The summed E-state index contributed by atoms with van der Waals surface area (Å²) in [6.45, 7) is 4.42. The number of piperidine rings is 1. The third-order valence-corrected chi connectivity index (χ3v) is 3.87. The smallest absolute Gasteiger partial charge is 0.352 e. The van der Waals surface area contributed by atoms with Crippen molar-refractivity contribution < 1.29 is 28.9 Å². The number of ketones is 1. The van der Waals surface area contributed by atoms with Gasteiger partial charge in [0.05, 0.1) is 12.6 Å². The van der Waals surface area contributed by atoms with Gasteiger partial charge in [-0.05, 0) is 50.2 Å². The van der Waals surface area contributed by atoms with Crippen LogP contribution in [0.1, 0.15) is 37.0 Å². The zero-order valence-corrected chi connectivity index (χ0v) is 14.9. The Morgan fingerprint density at radius 1 is 1.15 bits per heavy atom.